The van der Waals surface area contributed by atoms with Crippen LogP contribution in [0, 0.1) is 25.5 Å². The number of halogens is 2. The maximum absolute atomic E-state index is 13.6. The molecule has 0 spiro atoms. The molecule has 0 saturated heterocycles. The van der Waals surface area contributed by atoms with Crippen LogP contribution in [0.3, 0.4) is 0 Å². The Morgan fingerprint density at radius 1 is 1.12 bits per heavy atom. The lowest BCUT2D eigenvalue weighted by Crippen LogP contribution is -2.16. The van der Waals surface area contributed by atoms with Gasteiger partial charge in [-0.2, -0.15) is 0 Å². The Morgan fingerprint density at radius 3 is 2.42 bits per heavy atom. The quantitative estimate of drug-likeness (QED) is 0.801. The zero-order chi connectivity index (χ0) is 17.3. The van der Waals surface area contributed by atoms with E-state index >= 15 is 0 Å². The molecule has 3 rings (SSSR count). The van der Waals surface area contributed by atoms with Crippen LogP contribution in [0.2, 0.25) is 0 Å². The number of benzene rings is 1. The summed E-state index contributed by atoms with van der Waals surface area (Å²) in [6.07, 6.45) is 2.52. The van der Waals surface area contributed by atoms with Gasteiger partial charge in [-0.25, -0.2) is 18.7 Å². The fourth-order valence-electron chi connectivity index (χ4n) is 2.24. The monoisotopic (exact) mass is 328 g/mol. The Kier molecular flexibility index (Phi) is 4.07. The molecule has 2 heterocycles. The van der Waals surface area contributed by atoms with Gasteiger partial charge in [0.15, 0.2) is 11.5 Å². The molecule has 2 aromatic heterocycles. The predicted molar refractivity (Wildman–Crippen MR) is 85.1 cm³/mol. The number of nitrogens with one attached hydrogen (secondary N) is 1. The Bertz CT molecular complexity index is 903. The first kappa shape index (κ1) is 15.8. The van der Waals surface area contributed by atoms with E-state index in [1.807, 2.05) is 18.4 Å². The summed E-state index contributed by atoms with van der Waals surface area (Å²) in [5.74, 6) is -2.58. The summed E-state index contributed by atoms with van der Waals surface area (Å²) < 4.78 is 28.3. The van der Waals surface area contributed by atoms with Gasteiger partial charge in [0.05, 0.1) is 18.2 Å². The minimum Gasteiger partial charge on any atom is -0.321 e. The van der Waals surface area contributed by atoms with E-state index in [9.17, 15) is 13.6 Å². The zero-order valence-corrected chi connectivity index (χ0v) is 13.0. The normalized spacial score (nSPS) is 10.7. The number of anilines is 1. The van der Waals surface area contributed by atoms with E-state index in [2.05, 4.69) is 15.3 Å². The Labute approximate surface area is 137 Å². The largest absolute Gasteiger partial charge is 0.321 e. The molecule has 1 amide bonds. The van der Waals surface area contributed by atoms with Crippen molar-refractivity contribution in [3.8, 4) is 5.69 Å². The molecule has 0 radical (unpaired) electrons. The molecule has 122 valence electrons. The number of carbonyl (C=O) groups excluding carboxylic acids is 1. The molecule has 0 aliphatic rings. The van der Waals surface area contributed by atoms with Crippen LogP contribution in [0.25, 0.3) is 5.69 Å². The molecule has 0 atom stereocenters. The van der Waals surface area contributed by atoms with Crippen molar-refractivity contribution in [2.75, 3.05) is 5.32 Å². The SMILES string of the molecule is Cc1ncn(-c2ccc(NC(=O)c3ncc(F)cc3F)cc2)c1C. The Hall–Kier alpha value is -3.09. The third kappa shape index (κ3) is 3.01. The third-order valence-corrected chi connectivity index (χ3v) is 3.68. The fraction of sp³-hybridized carbons (Fsp3) is 0.118. The van der Waals surface area contributed by atoms with E-state index in [1.54, 1.807) is 30.6 Å². The topological polar surface area (TPSA) is 59.8 Å². The molecule has 24 heavy (non-hydrogen) atoms. The van der Waals surface area contributed by atoms with Gasteiger partial charge < -0.3 is 9.88 Å². The molecular formula is C17H14F2N4O. The van der Waals surface area contributed by atoms with E-state index in [0.717, 1.165) is 23.3 Å². The van der Waals surface area contributed by atoms with Crippen molar-refractivity contribution >= 4 is 11.6 Å². The zero-order valence-electron chi connectivity index (χ0n) is 13.0. The lowest BCUT2D eigenvalue weighted by Gasteiger charge is -2.08. The first-order valence-corrected chi connectivity index (χ1v) is 7.19. The number of aromatic nitrogens is 3. The number of hydrogen-bond acceptors (Lipinski definition) is 3. The van der Waals surface area contributed by atoms with Crippen molar-refractivity contribution < 1.29 is 13.6 Å². The smallest absolute Gasteiger partial charge is 0.277 e. The highest BCUT2D eigenvalue weighted by atomic mass is 19.1. The molecule has 0 unspecified atom stereocenters. The van der Waals surface area contributed by atoms with Crippen molar-refractivity contribution in [3.63, 3.8) is 0 Å². The third-order valence-electron chi connectivity index (χ3n) is 3.68. The summed E-state index contributed by atoms with van der Waals surface area (Å²) in [5.41, 5.74) is 2.86. The van der Waals surface area contributed by atoms with Gasteiger partial charge in [-0.05, 0) is 38.1 Å². The van der Waals surface area contributed by atoms with Gasteiger partial charge >= 0.3 is 0 Å². The fourth-order valence-corrected chi connectivity index (χ4v) is 2.24. The van der Waals surface area contributed by atoms with E-state index in [-0.39, 0.29) is 0 Å². The van der Waals surface area contributed by atoms with Crippen molar-refractivity contribution in [1.29, 1.82) is 0 Å². The molecular weight excluding hydrogens is 314 g/mol. The molecule has 0 fully saturated rings. The number of carbonyl (C=O) groups is 1. The molecule has 1 N–H and O–H groups in total. The number of hydrogen-bond donors (Lipinski definition) is 1. The number of imidazole rings is 1. The summed E-state index contributed by atoms with van der Waals surface area (Å²) in [5, 5.41) is 2.53. The average molecular weight is 328 g/mol. The maximum atomic E-state index is 13.6. The molecule has 0 saturated carbocycles. The molecule has 5 nitrogen and oxygen atoms in total. The van der Waals surface area contributed by atoms with Crippen LogP contribution < -0.4 is 5.32 Å². The Morgan fingerprint density at radius 2 is 1.83 bits per heavy atom. The van der Waals surface area contributed by atoms with Crippen LogP contribution in [-0.2, 0) is 0 Å². The first-order valence-electron chi connectivity index (χ1n) is 7.19. The van der Waals surface area contributed by atoms with Crippen LogP contribution in [-0.4, -0.2) is 20.4 Å². The summed E-state index contributed by atoms with van der Waals surface area (Å²) in [4.78, 5) is 19.7. The minimum atomic E-state index is -1.01. The van der Waals surface area contributed by atoms with Crippen molar-refractivity contribution in [2.24, 2.45) is 0 Å². The Balaban J connectivity index is 1.79. The van der Waals surface area contributed by atoms with Gasteiger partial charge in [0.2, 0.25) is 0 Å². The molecule has 0 bridgehead atoms. The van der Waals surface area contributed by atoms with Gasteiger partial charge in [-0.1, -0.05) is 0 Å². The van der Waals surface area contributed by atoms with E-state index in [0.29, 0.717) is 11.8 Å². The number of nitrogens with zero attached hydrogens (tertiary/aromatic N) is 3. The van der Waals surface area contributed by atoms with Crippen molar-refractivity contribution in [1.82, 2.24) is 14.5 Å². The lowest BCUT2D eigenvalue weighted by molar-refractivity contribution is 0.101. The van der Waals surface area contributed by atoms with Gasteiger partial charge in [0.25, 0.3) is 5.91 Å². The average Bonchev–Trinajstić information content (AvgIpc) is 2.87. The lowest BCUT2D eigenvalue weighted by atomic mass is 10.2. The first-order chi connectivity index (χ1) is 11.5. The summed E-state index contributed by atoms with van der Waals surface area (Å²) in [6.45, 7) is 3.88. The second-order valence-electron chi connectivity index (χ2n) is 5.27. The van der Waals surface area contributed by atoms with Crippen LogP contribution >= 0.6 is 0 Å². The number of amides is 1. The minimum absolute atomic E-state index is 0.457. The number of pyridine rings is 1. The highest BCUT2D eigenvalue weighted by Gasteiger charge is 2.14. The van der Waals surface area contributed by atoms with Crippen LogP contribution in [0.5, 0.6) is 0 Å². The summed E-state index contributed by atoms with van der Waals surface area (Å²) in [6, 6.07) is 7.60. The summed E-state index contributed by atoms with van der Waals surface area (Å²) in [7, 11) is 0. The van der Waals surface area contributed by atoms with E-state index < -0.39 is 23.2 Å². The predicted octanol–water partition coefficient (Wildman–Crippen LogP) is 3.41. The second-order valence-corrected chi connectivity index (χ2v) is 5.27. The van der Waals surface area contributed by atoms with E-state index in [4.69, 9.17) is 0 Å². The standard InChI is InChI=1S/C17H14F2N4O/c1-10-11(2)23(9-21-10)14-5-3-13(4-6-14)22-17(24)16-15(19)7-12(18)8-20-16/h3-9H,1-2H3,(H,22,24). The molecule has 7 heteroatoms. The van der Waals surface area contributed by atoms with Crippen LogP contribution in [0.4, 0.5) is 14.5 Å². The van der Waals surface area contributed by atoms with Crippen LogP contribution in [0.15, 0.2) is 42.9 Å². The van der Waals surface area contributed by atoms with Gasteiger partial charge in [-0.15, -0.1) is 0 Å². The van der Waals surface area contributed by atoms with Crippen molar-refractivity contribution in [3.05, 3.63) is 71.6 Å². The van der Waals surface area contributed by atoms with Gasteiger partial charge in [-0.3, -0.25) is 4.79 Å². The van der Waals surface area contributed by atoms with Gasteiger partial charge in [0, 0.05) is 23.1 Å². The molecule has 0 aliphatic carbocycles. The number of aryl methyl sites for hydroxylation is 1. The van der Waals surface area contributed by atoms with Gasteiger partial charge in [0.1, 0.15) is 5.82 Å². The highest BCUT2D eigenvalue weighted by Crippen LogP contribution is 2.17. The maximum Gasteiger partial charge on any atom is 0.277 e. The highest BCUT2D eigenvalue weighted by molar-refractivity contribution is 6.03. The molecule has 3 aromatic rings. The molecule has 0 aliphatic heterocycles. The van der Waals surface area contributed by atoms with E-state index in [1.165, 1.54) is 0 Å². The number of rotatable bonds is 3. The van der Waals surface area contributed by atoms with Crippen LogP contribution in [0.1, 0.15) is 21.9 Å². The second kappa shape index (κ2) is 6.19. The van der Waals surface area contributed by atoms with Crippen molar-refractivity contribution in [2.45, 2.75) is 13.8 Å². The molecule has 1 aromatic carbocycles. The summed E-state index contributed by atoms with van der Waals surface area (Å²) >= 11 is 0.